The molecule has 29 heavy (non-hydrogen) atoms. The fraction of sp³-hybridized carbons (Fsp3) is 0.217. The van der Waals surface area contributed by atoms with Crippen molar-refractivity contribution in [3.63, 3.8) is 0 Å². The molecule has 0 aliphatic heterocycles. The van der Waals surface area contributed by atoms with E-state index in [-0.39, 0.29) is 17.1 Å². The van der Waals surface area contributed by atoms with Gasteiger partial charge < -0.3 is 10.6 Å². The first-order valence-corrected chi connectivity index (χ1v) is 11.2. The van der Waals surface area contributed by atoms with Crippen LogP contribution in [0.15, 0.2) is 64.9 Å². The van der Waals surface area contributed by atoms with Gasteiger partial charge in [0.2, 0.25) is 5.91 Å². The van der Waals surface area contributed by atoms with Gasteiger partial charge in [-0.05, 0) is 67.1 Å². The van der Waals surface area contributed by atoms with E-state index >= 15 is 0 Å². The smallest absolute Gasteiger partial charge is 0.265 e. The summed E-state index contributed by atoms with van der Waals surface area (Å²) in [4.78, 5) is 26.5. The number of para-hydroxylation sites is 1. The monoisotopic (exact) mass is 424 g/mol. The summed E-state index contributed by atoms with van der Waals surface area (Å²) in [6.45, 7) is 5.99. The summed E-state index contributed by atoms with van der Waals surface area (Å²) >= 11 is 2.90. The van der Waals surface area contributed by atoms with Gasteiger partial charge in [0, 0.05) is 16.3 Å². The Bertz CT molecular complexity index is 983. The fourth-order valence-electron chi connectivity index (χ4n) is 2.90. The van der Waals surface area contributed by atoms with E-state index in [2.05, 4.69) is 17.6 Å². The van der Waals surface area contributed by atoms with E-state index in [9.17, 15) is 9.59 Å². The molecule has 3 rings (SSSR count). The van der Waals surface area contributed by atoms with E-state index in [4.69, 9.17) is 0 Å². The minimum atomic E-state index is -0.245. The van der Waals surface area contributed by atoms with E-state index in [1.165, 1.54) is 23.1 Å². The zero-order valence-corrected chi connectivity index (χ0v) is 18.3. The van der Waals surface area contributed by atoms with Gasteiger partial charge in [-0.1, -0.05) is 31.2 Å². The molecule has 0 radical (unpaired) electrons. The number of thioether (sulfide) groups is 1. The van der Waals surface area contributed by atoms with Crippen molar-refractivity contribution in [2.45, 2.75) is 37.3 Å². The van der Waals surface area contributed by atoms with Gasteiger partial charge in [0.25, 0.3) is 5.91 Å². The lowest BCUT2D eigenvalue weighted by atomic mass is 10.1. The van der Waals surface area contributed by atoms with Crippen LogP contribution in [0, 0.1) is 6.92 Å². The molecule has 0 fully saturated rings. The van der Waals surface area contributed by atoms with Crippen LogP contribution < -0.4 is 10.6 Å². The lowest BCUT2D eigenvalue weighted by Crippen LogP contribution is -2.23. The van der Waals surface area contributed by atoms with Crippen LogP contribution in [0.5, 0.6) is 0 Å². The number of aryl methyl sites for hydroxylation is 2. The Kier molecular flexibility index (Phi) is 7.12. The molecule has 2 aromatic carbocycles. The molecule has 1 aromatic heterocycles. The number of benzene rings is 2. The average molecular weight is 425 g/mol. The van der Waals surface area contributed by atoms with Crippen LogP contribution in [0.2, 0.25) is 0 Å². The van der Waals surface area contributed by atoms with Crippen LogP contribution in [0.25, 0.3) is 0 Å². The Morgan fingerprint density at radius 1 is 1.03 bits per heavy atom. The zero-order chi connectivity index (χ0) is 20.8. The molecule has 0 aliphatic carbocycles. The number of anilines is 2. The predicted octanol–water partition coefficient (Wildman–Crippen LogP) is 5.99. The van der Waals surface area contributed by atoms with E-state index in [0.29, 0.717) is 4.88 Å². The SMILES string of the molecule is CCc1cccc(C)c1NC(=O)C(C)Sc1ccc(NC(=O)c2cccs2)cc1. The van der Waals surface area contributed by atoms with Crippen LogP contribution in [0.1, 0.15) is 34.6 Å². The first-order chi connectivity index (χ1) is 14.0. The number of hydrogen-bond donors (Lipinski definition) is 2. The van der Waals surface area contributed by atoms with Crippen molar-refractivity contribution >= 4 is 46.3 Å². The summed E-state index contributed by atoms with van der Waals surface area (Å²) < 4.78 is 0. The molecule has 2 amide bonds. The standard InChI is InChI=1S/C23H24N2O2S2/c1-4-17-8-5-7-15(2)21(17)25-22(26)16(3)29-19-12-10-18(11-13-19)24-23(27)20-9-6-14-28-20/h5-14,16H,4H2,1-3H3,(H,24,27)(H,25,26). The van der Waals surface area contributed by atoms with Crippen molar-refractivity contribution in [1.29, 1.82) is 0 Å². The highest BCUT2D eigenvalue weighted by Crippen LogP contribution is 2.27. The van der Waals surface area contributed by atoms with Gasteiger partial charge in [-0.3, -0.25) is 9.59 Å². The van der Waals surface area contributed by atoms with Gasteiger partial charge in [-0.25, -0.2) is 0 Å². The molecule has 6 heteroatoms. The summed E-state index contributed by atoms with van der Waals surface area (Å²) in [7, 11) is 0. The van der Waals surface area contributed by atoms with Crippen molar-refractivity contribution in [2.24, 2.45) is 0 Å². The maximum atomic E-state index is 12.7. The molecule has 150 valence electrons. The fourth-order valence-corrected chi connectivity index (χ4v) is 4.39. The number of carbonyl (C=O) groups excluding carboxylic acids is 2. The largest absolute Gasteiger partial charge is 0.325 e. The van der Waals surface area contributed by atoms with Gasteiger partial charge >= 0.3 is 0 Å². The Labute approximate surface area is 179 Å². The van der Waals surface area contributed by atoms with E-state index in [0.717, 1.165) is 33.8 Å². The number of hydrogen-bond acceptors (Lipinski definition) is 4. The molecule has 0 saturated heterocycles. The van der Waals surface area contributed by atoms with Gasteiger partial charge in [0.05, 0.1) is 10.1 Å². The summed E-state index contributed by atoms with van der Waals surface area (Å²) in [6.07, 6.45) is 0.872. The van der Waals surface area contributed by atoms with Gasteiger partial charge in [0.15, 0.2) is 0 Å². The molecule has 3 aromatic rings. The molecular weight excluding hydrogens is 400 g/mol. The first kappa shape index (κ1) is 21.1. The normalized spacial score (nSPS) is 11.7. The number of nitrogens with one attached hydrogen (secondary N) is 2. The summed E-state index contributed by atoms with van der Waals surface area (Å²) in [5.41, 5.74) is 3.86. The Balaban J connectivity index is 1.60. The Morgan fingerprint density at radius 2 is 1.79 bits per heavy atom. The minimum absolute atomic E-state index is 0.0194. The summed E-state index contributed by atoms with van der Waals surface area (Å²) in [6, 6.07) is 17.3. The van der Waals surface area contributed by atoms with Crippen LogP contribution in [0.3, 0.4) is 0 Å². The van der Waals surface area contributed by atoms with Crippen molar-refractivity contribution in [1.82, 2.24) is 0 Å². The third-order valence-electron chi connectivity index (χ3n) is 4.53. The molecule has 0 bridgehead atoms. The van der Waals surface area contributed by atoms with Crippen molar-refractivity contribution in [2.75, 3.05) is 10.6 Å². The summed E-state index contributed by atoms with van der Waals surface area (Å²) in [5.74, 6) is -0.132. The van der Waals surface area contributed by atoms with Gasteiger partial charge in [0.1, 0.15) is 0 Å². The third-order valence-corrected chi connectivity index (χ3v) is 6.51. The highest BCUT2D eigenvalue weighted by Gasteiger charge is 2.17. The van der Waals surface area contributed by atoms with Crippen LogP contribution in [0.4, 0.5) is 11.4 Å². The number of rotatable bonds is 7. The average Bonchev–Trinajstić information content (AvgIpc) is 3.26. The molecular formula is C23H24N2O2S2. The minimum Gasteiger partial charge on any atom is -0.325 e. The number of carbonyl (C=O) groups is 2. The van der Waals surface area contributed by atoms with Gasteiger partial charge in [-0.2, -0.15) is 0 Å². The second-order valence-electron chi connectivity index (χ2n) is 6.67. The molecule has 4 nitrogen and oxygen atoms in total. The van der Waals surface area contributed by atoms with E-state index < -0.39 is 0 Å². The second kappa shape index (κ2) is 9.76. The third kappa shape index (κ3) is 5.49. The number of amides is 2. The van der Waals surface area contributed by atoms with E-state index in [1.807, 2.05) is 67.8 Å². The van der Waals surface area contributed by atoms with E-state index in [1.54, 1.807) is 6.07 Å². The molecule has 1 atom stereocenters. The second-order valence-corrected chi connectivity index (χ2v) is 9.03. The molecule has 0 aliphatic rings. The zero-order valence-electron chi connectivity index (χ0n) is 16.7. The molecule has 1 unspecified atom stereocenters. The highest BCUT2D eigenvalue weighted by atomic mass is 32.2. The Hall–Kier alpha value is -2.57. The quantitative estimate of drug-likeness (QED) is 0.458. The molecule has 2 N–H and O–H groups in total. The predicted molar refractivity (Wildman–Crippen MR) is 123 cm³/mol. The van der Waals surface area contributed by atoms with Crippen LogP contribution >= 0.6 is 23.1 Å². The lowest BCUT2D eigenvalue weighted by Gasteiger charge is -2.16. The van der Waals surface area contributed by atoms with Crippen molar-refractivity contribution in [3.05, 3.63) is 76.0 Å². The van der Waals surface area contributed by atoms with Crippen LogP contribution in [-0.2, 0) is 11.2 Å². The summed E-state index contributed by atoms with van der Waals surface area (Å²) in [5, 5.41) is 7.60. The highest BCUT2D eigenvalue weighted by molar-refractivity contribution is 8.00. The maximum Gasteiger partial charge on any atom is 0.265 e. The van der Waals surface area contributed by atoms with Crippen LogP contribution in [-0.4, -0.2) is 17.1 Å². The molecule has 0 spiro atoms. The lowest BCUT2D eigenvalue weighted by molar-refractivity contribution is -0.115. The topological polar surface area (TPSA) is 58.2 Å². The van der Waals surface area contributed by atoms with Crippen molar-refractivity contribution in [3.8, 4) is 0 Å². The van der Waals surface area contributed by atoms with Gasteiger partial charge in [-0.15, -0.1) is 23.1 Å². The maximum absolute atomic E-state index is 12.7. The number of thiophene rings is 1. The first-order valence-electron chi connectivity index (χ1n) is 9.49. The molecule has 0 saturated carbocycles. The Morgan fingerprint density at radius 3 is 2.45 bits per heavy atom. The molecule has 1 heterocycles. The van der Waals surface area contributed by atoms with Crippen molar-refractivity contribution < 1.29 is 9.59 Å².